The zero-order chi connectivity index (χ0) is 9.07. The van der Waals surface area contributed by atoms with Crippen molar-refractivity contribution in [2.75, 3.05) is 19.8 Å². The molecule has 0 aliphatic rings. The van der Waals surface area contributed by atoms with E-state index in [9.17, 15) is 8.42 Å². The molecule has 1 atom stereocenters. The average molecular weight is 197 g/mol. The fourth-order valence-electron chi connectivity index (χ4n) is 0.442. The van der Waals surface area contributed by atoms with Crippen LogP contribution >= 0.6 is 12.2 Å². The lowest BCUT2D eigenvalue weighted by atomic mass is 10.4. The smallest absolute Gasteiger partial charge is 0.211 e. The summed E-state index contributed by atoms with van der Waals surface area (Å²) in [5.74, 6) is 0. The van der Waals surface area contributed by atoms with Gasteiger partial charge in [-0.15, -0.1) is 0 Å². The molecule has 66 valence electrons. The van der Waals surface area contributed by atoms with Crippen molar-refractivity contribution in [2.24, 2.45) is 0 Å². The number of hydrogen-bond donors (Lipinski definition) is 1. The fraction of sp³-hybridized carbons (Fsp3) is 0.800. The number of hydrogen-bond acceptors (Lipinski definition) is 4. The highest BCUT2D eigenvalue weighted by Gasteiger charge is 2.13. The molecule has 0 fully saturated rings. The molecule has 0 aromatic heterocycles. The predicted octanol–water partition coefficient (Wildman–Crippen LogP) is -0.762. The second kappa shape index (κ2) is 4.10. The lowest BCUT2D eigenvalue weighted by Gasteiger charge is -2.15. The topological polar surface area (TPSA) is 57.6 Å². The van der Waals surface area contributed by atoms with Crippen molar-refractivity contribution < 1.29 is 13.5 Å². The van der Waals surface area contributed by atoms with Crippen molar-refractivity contribution in [1.82, 2.24) is 4.31 Å². The molecule has 4 nitrogen and oxygen atoms in total. The molecule has 0 aromatic carbocycles. The molecule has 1 N–H and O–H groups in total. The quantitative estimate of drug-likeness (QED) is 0.602. The highest BCUT2D eigenvalue weighted by atomic mass is 32.2. The van der Waals surface area contributed by atoms with Crippen LogP contribution in [0.3, 0.4) is 0 Å². The number of rotatable bonds is 4. The summed E-state index contributed by atoms with van der Waals surface area (Å²) < 4.78 is 22.5. The maximum Gasteiger partial charge on any atom is 0.211 e. The molecule has 0 aromatic rings. The van der Waals surface area contributed by atoms with Gasteiger partial charge in [0.05, 0.1) is 12.4 Å². The molecule has 0 saturated heterocycles. The molecular formula is C5H11NO3S2. The Bertz CT molecular complexity index is 224. The van der Waals surface area contributed by atoms with E-state index in [1.165, 1.54) is 7.05 Å². The Hall–Kier alpha value is -0.0400. The van der Waals surface area contributed by atoms with Gasteiger partial charge < -0.3 is 5.11 Å². The van der Waals surface area contributed by atoms with Crippen molar-refractivity contribution >= 4 is 27.6 Å². The van der Waals surface area contributed by atoms with Crippen molar-refractivity contribution in [2.45, 2.75) is 6.10 Å². The van der Waals surface area contributed by atoms with Gasteiger partial charge >= 0.3 is 0 Å². The van der Waals surface area contributed by atoms with E-state index >= 15 is 0 Å². The van der Waals surface area contributed by atoms with Gasteiger partial charge in [-0.1, -0.05) is 12.2 Å². The van der Waals surface area contributed by atoms with Crippen LogP contribution in [0.5, 0.6) is 0 Å². The number of likely N-dealkylation sites (N-methyl/N-ethyl adjacent to an activating group) is 1. The van der Waals surface area contributed by atoms with E-state index in [0.29, 0.717) is 0 Å². The summed E-state index contributed by atoms with van der Waals surface area (Å²) in [6, 6.07) is 0. The third-order valence-electron chi connectivity index (χ3n) is 1.17. The summed E-state index contributed by atoms with van der Waals surface area (Å²) in [7, 11) is -1.81. The SMILES string of the molecule is CN(CC(O)C=S)S(C)(=O)=O. The van der Waals surface area contributed by atoms with E-state index in [2.05, 4.69) is 12.2 Å². The van der Waals surface area contributed by atoms with E-state index in [1.807, 2.05) is 0 Å². The van der Waals surface area contributed by atoms with Crippen LogP contribution in [0.1, 0.15) is 0 Å². The zero-order valence-corrected chi connectivity index (χ0v) is 8.02. The Morgan fingerprint density at radius 2 is 2.18 bits per heavy atom. The Kier molecular flexibility index (Phi) is 4.09. The number of thiocarbonyl (C=S) groups is 1. The highest BCUT2D eigenvalue weighted by Crippen LogP contribution is 1.93. The minimum Gasteiger partial charge on any atom is -0.387 e. The van der Waals surface area contributed by atoms with Crippen LogP contribution in [0, 0.1) is 0 Å². The van der Waals surface area contributed by atoms with Gasteiger partial charge in [-0.2, -0.15) is 0 Å². The molecule has 11 heavy (non-hydrogen) atoms. The van der Waals surface area contributed by atoms with Crippen LogP contribution in [0.4, 0.5) is 0 Å². The van der Waals surface area contributed by atoms with Crippen LogP contribution in [0.15, 0.2) is 0 Å². The summed E-state index contributed by atoms with van der Waals surface area (Å²) in [5.41, 5.74) is 0. The van der Waals surface area contributed by atoms with Gasteiger partial charge in [-0.25, -0.2) is 12.7 Å². The Balaban J connectivity index is 4.09. The molecule has 0 bridgehead atoms. The number of sulfonamides is 1. The molecule has 0 heterocycles. The molecular weight excluding hydrogens is 186 g/mol. The molecule has 0 radical (unpaired) electrons. The van der Waals surface area contributed by atoms with Gasteiger partial charge in [0, 0.05) is 19.0 Å². The fourth-order valence-corrected chi connectivity index (χ4v) is 0.951. The van der Waals surface area contributed by atoms with Crippen molar-refractivity contribution in [3.05, 3.63) is 0 Å². The average Bonchev–Trinajstić information content (AvgIpc) is 1.85. The zero-order valence-electron chi connectivity index (χ0n) is 6.39. The lowest BCUT2D eigenvalue weighted by Crippen LogP contribution is -2.33. The first-order chi connectivity index (χ1) is 4.88. The largest absolute Gasteiger partial charge is 0.387 e. The van der Waals surface area contributed by atoms with Gasteiger partial charge in [0.1, 0.15) is 0 Å². The summed E-state index contributed by atoms with van der Waals surface area (Å²) in [6.07, 6.45) is 0.202. The molecule has 0 spiro atoms. The first-order valence-corrected chi connectivity index (χ1v) is 5.24. The molecule has 0 rings (SSSR count). The first-order valence-electron chi connectivity index (χ1n) is 2.92. The molecule has 1 unspecified atom stereocenters. The second-order valence-electron chi connectivity index (χ2n) is 2.25. The molecule has 6 heteroatoms. The Labute approximate surface area is 71.9 Å². The van der Waals surface area contributed by atoms with Gasteiger partial charge in [0.2, 0.25) is 10.0 Å². The molecule has 0 amide bonds. The normalized spacial score (nSPS) is 14.9. The van der Waals surface area contributed by atoms with Gasteiger partial charge in [0.15, 0.2) is 0 Å². The van der Waals surface area contributed by atoms with Crippen LogP contribution in [0.2, 0.25) is 0 Å². The Morgan fingerprint density at radius 1 is 1.73 bits per heavy atom. The first kappa shape index (κ1) is 11.0. The maximum atomic E-state index is 10.7. The molecule has 0 aliphatic carbocycles. The lowest BCUT2D eigenvalue weighted by molar-refractivity contribution is 0.220. The van der Waals surface area contributed by atoms with Crippen LogP contribution in [-0.2, 0) is 10.0 Å². The van der Waals surface area contributed by atoms with Gasteiger partial charge in [-0.05, 0) is 0 Å². The number of aliphatic hydroxyl groups is 1. The maximum absolute atomic E-state index is 10.7. The standard InChI is InChI=1S/C5H11NO3S2/c1-6(11(2,8)9)3-5(7)4-10/h4-5,7H,3H2,1-2H3. The predicted molar refractivity (Wildman–Crippen MR) is 47.1 cm³/mol. The molecule has 0 saturated carbocycles. The molecule has 0 aliphatic heterocycles. The van der Waals surface area contributed by atoms with Crippen LogP contribution < -0.4 is 0 Å². The van der Waals surface area contributed by atoms with E-state index in [1.54, 1.807) is 0 Å². The summed E-state index contributed by atoms with van der Waals surface area (Å²) >= 11 is 4.42. The minimum atomic E-state index is -3.20. The summed E-state index contributed by atoms with van der Waals surface area (Å²) in [6.45, 7) is 0.0162. The van der Waals surface area contributed by atoms with Crippen molar-refractivity contribution in [3.8, 4) is 0 Å². The van der Waals surface area contributed by atoms with E-state index in [4.69, 9.17) is 5.11 Å². The Morgan fingerprint density at radius 3 is 2.45 bits per heavy atom. The van der Waals surface area contributed by atoms with Crippen molar-refractivity contribution in [3.63, 3.8) is 0 Å². The second-order valence-corrected chi connectivity index (χ2v) is 4.61. The van der Waals surface area contributed by atoms with Gasteiger partial charge in [0.25, 0.3) is 0 Å². The monoisotopic (exact) mass is 197 g/mol. The third kappa shape index (κ3) is 4.41. The van der Waals surface area contributed by atoms with Crippen molar-refractivity contribution in [1.29, 1.82) is 0 Å². The van der Waals surface area contributed by atoms with E-state index in [0.717, 1.165) is 15.9 Å². The third-order valence-corrected chi connectivity index (χ3v) is 2.76. The minimum absolute atomic E-state index is 0.0162. The van der Waals surface area contributed by atoms with Crippen LogP contribution in [-0.4, -0.2) is 49.1 Å². The van der Waals surface area contributed by atoms with Gasteiger partial charge in [-0.3, -0.25) is 0 Å². The summed E-state index contributed by atoms with van der Waals surface area (Å²) in [4.78, 5) is 0. The summed E-state index contributed by atoms with van der Waals surface area (Å²) in [5, 5.41) is 10.1. The van der Waals surface area contributed by atoms with Crippen LogP contribution in [0.25, 0.3) is 0 Å². The number of aliphatic hydroxyl groups excluding tert-OH is 1. The highest BCUT2D eigenvalue weighted by molar-refractivity contribution is 7.88. The van der Waals surface area contributed by atoms with E-state index in [-0.39, 0.29) is 6.54 Å². The number of nitrogens with zero attached hydrogens (tertiary/aromatic N) is 1. The van der Waals surface area contributed by atoms with E-state index < -0.39 is 16.1 Å².